The van der Waals surface area contributed by atoms with Crippen LogP contribution in [0.3, 0.4) is 0 Å². The lowest BCUT2D eigenvalue weighted by molar-refractivity contribution is -0.143. The molecule has 11 heteroatoms. The van der Waals surface area contributed by atoms with Gasteiger partial charge in [-0.15, -0.1) is 0 Å². The number of halogens is 2. The maximum absolute atomic E-state index is 13.6. The number of nitrogens with zero attached hydrogens (tertiary/aromatic N) is 3. The number of benzene rings is 2. The number of hydrogen-bond acceptors (Lipinski definition) is 8. The number of amides is 1. The number of hydrogen-bond donors (Lipinski definition) is 1. The number of fused-ring (bicyclic) bond motifs is 1. The molecule has 0 aliphatic carbocycles. The van der Waals surface area contributed by atoms with Crippen LogP contribution in [0.1, 0.15) is 12.8 Å². The summed E-state index contributed by atoms with van der Waals surface area (Å²) < 4.78 is 36.7. The van der Waals surface area contributed by atoms with Crippen molar-refractivity contribution in [3.8, 4) is 11.5 Å². The normalized spacial score (nSPS) is 16.8. The van der Waals surface area contributed by atoms with Crippen LogP contribution in [-0.2, 0) is 14.3 Å². The van der Waals surface area contributed by atoms with Crippen molar-refractivity contribution in [2.75, 3.05) is 51.4 Å². The van der Waals surface area contributed by atoms with Crippen LogP contribution < -0.4 is 14.8 Å². The lowest BCUT2D eigenvalue weighted by Gasteiger charge is -2.27. The molecule has 36 heavy (non-hydrogen) atoms. The molecular formula is C25H26ClFN4O5. The molecule has 0 radical (unpaired) electrons. The smallest absolute Gasteiger partial charge is 0.248 e. The second-order valence-electron chi connectivity index (χ2n) is 8.50. The predicted octanol–water partition coefficient (Wildman–Crippen LogP) is 3.96. The summed E-state index contributed by atoms with van der Waals surface area (Å²) in [6.45, 7) is 3.17. The Labute approximate surface area is 212 Å². The standard InChI is InChI=1S/C25H26ClFN4O5/c26-19-11-16(1-2-20(19)27)30-25-18-12-23(36-17-3-7-33-8-4-17)22(13-21(18)28-15-29-25)35-10-6-31-5-9-34-14-24(31)32/h1-2,11-13,15,17H,3-10,14H2,(H,28,29,30). The summed E-state index contributed by atoms with van der Waals surface area (Å²) in [6.07, 6.45) is 2.95. The molecule has 0 spiro atoms. The minimum absolute atomic E-state index is 0.0105. The van der Waals surface area contributed by atoms with Gasteiger partial charge in [-0.25, -0.2) is 14.4 Å². The Bertz CT molecular complexity index is 1240. The minimum atomic E-state index is -0.498. The van der Waals surface area contributed by atoms with E-state index in [4.69, 9.17) is 30.5 Å². The minimum Gasteiger partial charge on any atom is -0.488 e. The summed E-state index contributed by atoms with van der Waals surface area (Å²) in [4.78, 5) is 22.5. The van der Waals surface area contributed by atoms with Gasteiger partial charge in [0.15, 0.2) is 11.5 Å². The van der Waals surface area contributed by atoms with Crippen LogP contribution in [-0.4, -0.2) is 73.0 Å². The van der Waals surface area contributed by atoms with Crippen LogP contribution in [0.4, 0.5) is 15.9 Å². The highest BCUT2D eigenvalue weighted by molar-refractivity contribution is 6.31. The van der Waals surface area contributed by atoms with Crippen LogP contribution in [0.25, 0.3) is 10.9 Å². The van der Waals surface area contributed by atoms with Gasteiger partial charge in [0.05, 0.1) is 36.9 Å². The molecule has 9 nitrogen and oxygen atoms in total. The van der Waals surface area contributed by atoms with Crippen LogP contribution in [0.2, 0.25) is 5.02 Å². The number of rotatable bonds is 8. The topological polar surface area (TPSA) is 95.0 Å². The van der Waals surface area contributed by atoms with Gasteiger partial charge in [0.25, 0.3) is 0 Å². The molecule has 2 aliphatic rings. The predicted molar refractivity (Wildman–Crippen MR) is 132 cm³/mol. The van der Waals surface area contributed by atoms with Crippen LogP contribution in [0, 0.1) is 5.82 Å². The maximum Gasteiger partial charge on any atom is 0.248 e. The second kappa shape index (κ2) is 11.2. The molecule has 2 saturated heterocycles. The number of morpholine rings is 1. The van der Waals surface area contributed by atoms with Crippen LogP contribution in [0.15, 0.2) is 36.7 Å². The first kappa shape index (κ1) is 24.5. The summed E-state index contributed by atoms with van der Waals surface area (Å²) in [5.74, 6) is 1.06. The average molecular weight is 517 g/mol. The van der Waals surface area contributed by atoms with Crippen molar-refractivity contribution in [1.82, 2.24) is 14.9 Å². The van der Waals surface area contributed by atoms with E-state index in [1.807, 2.05) is 6.07 Å². The molecule has 3 aromatic rings. The van der Waals surface area contributed by atoms with Crippen molar-refractivity contribution in [3.05, 3.63) is 47.5 Å². The number of ether oxygens (including phenoxy) is 4. The second-order valence-corrected chi connectivity index (χ2v) is 8.91. The SMILES string of the molecule is O=C1COCCN1CCOc1cc2ncnc(Nc3ccc(F)c(Cl)c3)c2cc1OC1CCOCC1. The molecule has 2 aliphatic heterocycles. The van der Waals surface area contributed by atoms with Crippen LogP contribution in [0.5, 0.6) is 11.5 Å². The Morgan fingerprint density at radius 1 is 1.11 bits per heavy atom. The van der Waals surface area contributed by atoms with Gasteiger partial charge in [-0.05, 0) is 24.3 Å². The summed E-state index contributed by atoms with van der Waals surface area (Å²) in [6, 6.07) is 8.01. The highest BCUT2D eigenvalue weighted by atomic mass is 35.5. The Balaban J connectivity index is 1.41. The maximum atomic E-state index is 13.6. The van der Waals surface area contributed by atoms with E-state index >= 15 is 0 Å². The van der Waals surface area contributed by atoms with Crippen LogP contribution >= 0.6 is 11.6 Å². The molecule has 1 amide bonds. The van der Waals surface area contributed by atoms with E-state index < -0.39 is 5.82 Å². The first-order chi connectivity index (χ1) is 17.6. The van der Waals surface area contributed by atoms with Gasteiger partial charge in [-0.2, -0.15) is 0 Å². The Morgan fingerprint density at radius 3 is 2.78 bits per heavy atom. The van der Waals surface area contributed by atoms with Gasteiger partial charge >= 0.3 is 0 Å². The van der Waals surface area contributed by atoms with Gasteiger partial charge < -0.3 is 29.2 Å². The van der Waals surface area contributed by atoms with Crippen molar-refractivity contribution < 1.29 is 28.1 Å². The molecule has 2 aromatic carbocycles. The summed E-state index contributed by atoms with van der Waals surface area (Å²) in [7, 11) is 0. The van der Waals surface area contributed by atoms with Gasteiger partial charge in [0, 0.05) is 36.5 Å². The zero-order valence-corrected chi connectivity index (χ0v) is 20.3. The Kier molecular flexibility index (Phi) is 7.64. The molecule has 0 bridgehead atoms. The molecule has 1 aromatic heterocycles. The zero-order chi connectivity index (χ0) is 24.9. The lowest BCUT2D eigenvalue weighted by Crippen LogP contribution is -2.43. The van der Waals surface area contributed by atoms with Gasteiger partial charge in [0.1, 0.15) is 37.3 Å². The van der Waals surface area contributed by atoms with Crippen molar-refractivity contribution in [3.63, 3.8) is 0 Å². The number of nitrogens with one attached hydrogen (secondary N) is 1. The molecule has 0 unspecified atom stereocenters. The van der Waals surface area contributed by atoms with E-state index in [9.17, 15) is 9.18 Å². The van der Waals surface area contributed by atoms with E-state index in [1.165, 1.54) is 18.5 Å². The summed E-state index contributed by atoms with van der Waals surface area (Å²) >= 11 is 5.94. The lowest BCUT2D eigenvalue weighted by atomic mass is 10.1. The third-order valence-electron chi connectivity index (χ3n) is 6.05. The van der Waals surface area contributed by atoms with E-state index in [0.717, 1.165) is 12.8 Å². The van der Waals surface area contributed by atoms with Crippen molar-refractivity contribution >= 4 is 39.9 Å². The van der Waals surface area contributed by atoms with Gasteiger partial charge in [0.2, 0.25) is 5.91 Å². The molecule has 3 heterocycles. The fourth-order valence-corrected chi connectivity index (χ4v) is 4.29. The first-order valence-electron chi connectivity index (χ1n) is 11.8. The molecular weight excluding hydrogens is 491 g/mol. The summed E-state index contributed by atoms with van der Waals surface area (Å²) in [5, 5.41) is 3.90. The highest BCUT2D eigenvalue weighted by Gasteiger charge is 2.21. The molecule has 190 valence electrons. The largest absolute Gasteiger partial charge is 0.488 e. The van der Waals surface area contributed by atoms with E-state index in [0.29, 0.717) is 73.4 Å². The number of carbonyl (C=O) groups excluding carboxylic acids is 1. The quantitative estimate of drug-likeness (QED) is 0.481. The van der Waals surface area contributed by atoms with Crippen molar-refractivity contribution in [2.24, 2.45) is 0 Å². The van der Waals surface area contributed by atoms with Crippen molar-refractivity contribution in [1.29, 1.82) is 0 Å². The molecule has 1 N–H and O–H groups in total. The summed E-state index contributed by atoms with van der Waals surface area (Å²) in [5.41, 5.74) is 1.22. The van der Waals surface area contributed by atoms with E-state index in [1.54, 1.807) is 17.0 Å². The third-order valence-corrected chi connectivity index (χ3v) is 6.34. The van der Waals surface area contributed by atoms with E-state index in [-0.39, 0.29) is 23.6 Å². The zero-order valence-electron chi connectivity index (χ0n) is 19.5. The van der Waals surface area contributed by atoms with E-state index in [2.05, 4.69) is 15.3 Å². The Hall–Kier alpha value is -3.21. The average Bonchev–Trinajstić information content (AvgIpc) is 2.88. The third kappa shape index (κ3) is 5.77. The molecule has 5 rings (SSSR count). The fraction of sp³-hybridized carbons (Fsp3) is 0.400. The molecule has 0 atom stereocenters. The monoisotopic (exact) mass is 516 g/mol. The highest BCUT2D eigenvalue weighted by Crippen LogP contribution is 2.36. The number of carbonyl (C=O) groups is 1. The molecule has 0 saturated carbocycles. The van der Waals surface area contributed by atoms with Crippen molar-refractivity contribution in [2.45, 2.75) is 18.9 Å². The fourth-order valence-electron chi connectivity index (χ4n) is 4.11. The number of anilines is 2. The Morgan fingerprint density at radius 2 is 1.97 bits per heavy atom. The van der Waals surface area contributed by atoms with Gasteiger partial charge in [-0.3, -0.25) is 4.79 Å². The molecule has 2 fully saturated rings. The first-order valence-corrected chi connectivity index (χ1v) is 12.2. The van der Waals surface area contributed by atoms with Gasteiger partial charge in [-0.1, -0.05) is 11.6 Å². The number of aromatic nitrogens is 2.